The Morgan fingerprint density at radius 2 is 1.40 bits per heavy atom. The van der Waals surface area contributed by atoms with Gasteiger partial charge in [0.15, 0.2) is 6.10 Å². The van der Waals surface area contributed by atoms with Crippen molar-refractivity contribution in [1.29, 1.82) is 0 Å². The lowest BCUT2D eigenvalue weighted by atomic mass is 10.0. The molecule has 1 atom stereocenters. The van der Waals surface area contributed by atoms with E-state index in [1.165, 1.54) is 16.7 Å². The number of hydrogen-bond acceptors (Lipinski definition) is 5. The van der Waals surface area contributed by atoms with E-state index in [1.54, 1.807) is 0 Å². The standard InChI is InChI=1S/C30H32O5/c1-4-23-8-10-24(11-9-23)18-25-12-14-26(15-13-25)19-30(32)35-28(21-34-29(31)5-2)20-33-27-16-6-22(3)7-17-27/h5-17,28H,2,4,18-21H2,1,3H3. The van der Waals surface area contributed by atoms with Gasteiger partial charge in [0.1, 0.15) is 19.0 Å². The first-order valence-corrected chi connectivity index (χ1v) is 11.8. The Labute approximate surface area is 207 Å². The van der Waals surface area contributed by atoms with Crippen molar-refractivity contribution >= 4 is 11.9 Å². The molecule has 0 saturated carbocycles. The topological polar surface area (TPSA) is 61.8 Å². The van der Waals surface area contributed by atoms with E-state index >= 15 is 0 Å². The molecule has 182 valence electrons. The second-order valence-corrected chi connectivity index (χ2v) is 8.41. The van der Waals surface area contributed by atoms with E-state index in [4.69, 9.17) is 14.2 Å². The zero-order chi connectivity index (χ0) is 25.0. The van der Waals surface area contributed by atoms with Crippen molar-refractivity contribution in [3.8, 4) is 5.75 Å². The first-order valence-electron chi connectivity index (χ1n) is 11.8. The van der Waals surface area contributed by atoms with E-state index in [-0.39, 0.29) is 19.6 Å². The second kappa shape index (κ2) is 13.1. The van der Waals surface area contributed by atoms with Gasteiger partial charge in [-0.05, 0) is 54.2 Å². The number of aryl methyl sites for hydroxylation is 2. The zero-order valence-electron chi connectivity index (χ0n) is 20.4. The van der Waals surface area contributed by atoms with E-state index < -0.39 is 18.0 Å². The maximum atomic E-state index is 12.6. The van der Waals surface area contributed by atoms with Crippen molar-refractivity contribution < 1.29 is 23.8 Å². The molecule has 5 nitrogen and oxygen atoms in total. The SMILES string of the molecule is C=CC(=O)OCC(COc1ccc(C)cc1)OC(=O)Cc1ccc(Cc2ccc(CC)cc2)cc1. The third kappa shape index (κ3) is 8.78. The average Bonchev–Trinajstić information content (AvgIpc) is 2.88. The van der Waals surface area contributed by atoms with Crippen LogP contribution in [-0.2, 0) is 38.3 Å². The van der Waals surface area contributed by atoms with Gasteiger partial charge in [0, 0.05) is 6.08 Å². The molecular weight excluding hydrogens is 440 g/mol. The smallest absolute Gasteiger partial charge is 0.330 e. The first-order chi connectivity index (χ1) is 16.9. The molecule has 0 saturated heterocycles. The highest BCUT2D eigenvalue weighted by Gasteiger charge is 2.18. The fourth-order valence-corrected chi connectivity index (χ4v) is 3.47. The van der Waals surface area contributed by atoms with Crippen molar-refractivity contribution in [2.75, 3.05) is 13.2 Å². The maximum Gasteiger partial charge on any atom is 0.330 e. The summed E-state index contributed by atoms with van der Waals surface area (Å²) in [7, 11) is 0. The zero-order valence-corrected chi connectivity index (χ0v) is 20.4. The molecule has 0 aliphatic carbocycles. The Hall–Kier alpha value is -3.86. The lowest BCUT2D eigenvalue weighted by molar-refractivity contribution is -0.158. The number of carbonyl (C=O) groups excluding carboxylic acids is 2. The molecular formula is C30H32O5. The molecule has 5 heteroatoms. The highest BCUT2D eigenvalue weighted by Crippen LogP contribution is 2.15. The van der Waals surface area contributed by atoms with E-state index in [9.17, 15) is 9.59 Å². The number of ether oxygens (including phenoxy) is 3. The fourth-order valence-electron chi connectivity index (χ4n) is 3.47. The predicted molar refractivity (Wildman–Crippen MR) is 136 cm³/mol. The van der Waals surface area contributed by atoms with Crippen LogP contribution in [0.2, 0.25) is 0 Å². The molecule has 0 heterocycles. The minimum absolute atomic E-state index is 0.0645. The van der Waals surface area contributed by atoms with Gasteiger partial charge < -0.3 is 14.2 Å². The monoisotopic (exact) mass is 472 g/mol. The third-order valence-corrected chi connectivity index (χ3v) is 5.54. The van der Waals surface area contributed by atoms with Crippen LogP contribution in [-0.4, -0.2) is 31.3 Å². The van der Waals surface area contributed by atoms with E-state index in [1.807, 2.05) is 55.5 Å². The van der Waals surface area contributed by atoms with Crippen LogP contribution in [0.4, 0.5) is 0 Å². The molecule has 0 amide bonds. The van der Waals surface area contributed by atoms with Gasteiger partial charge in [-0.15, -0.1) is 0 Å². The van der Waals surface area contributed by atoms with Crippen LogP contribution in [0.25, 0.3) is 0 Å². The molecule has 0 radical (unpaired) electrons. The van der Waals surface area contributed by atoms with Crippen molar-refractivity contribution in [2.45, 2.75) is 39.2 Å². The molecule has 35 heavy (non-hydrogen) atoms. The summed E-state index contributed by atoms with van der Waals surface area (Å²) in [4.78, 5) is 24.1. The van der Waals surface area contributed by atoms with Crippen LogP contribution >= 0.6 is 0 Å². The molecule has 3 rings (SSSR count). The molecule has 0 spiro atoms. The summed E-state index contributed by atoms with van der Waals surface area (Å²) in [5, 5.41) is 0. The van der Waals surface area contributed by atoms with Crippen molar-refractivity contribution in [2.24, 2.45) is 0 Å². The lowest BCUT2D eigenvalue weighted by Gasteiger charge is -2.18. The molecule has 0 aromatic heterocycles. The molecule has 0 bridgehead atoms. The predicted octanol–water partition coefficient (Wildman–Crippen LogP) is 5.41. The Morgan fingerprint density at radius 1 is 0.829 bits per heavy atom. The van der Waals surface area contributed by atoms with Crippen LogP contribution in [0.3, 0.4) is 0 Å². The molecule has 0 N–H and O–H groups in total. The quantitative estimate of drug-likeness (QED) is 0.261. The van der Waals surface area contributed by atoms with Gasteiger partial charge in [-0.2, -0.15) is 0 Å². The number of hydrogen-bond donors (Lipinski definition) is 0. The third-order valence-electron chi connectivity index (χ3n) is 5.54. The van der Waals surface area contributed by atoms with Crippen molar-refractivity contribution in [3.63, 3.8) is 0 Å². The van der Waals surface area contributed by atoms with E-state index in [0.717, 1.165) is 30.0 Å². The number of benzene rings is 3. The summed E-state index contributed by atoms with van der Waals surface area (Å²) >= 11 is 0. The molecule has 0 aliphatic rings. The van der Waals surface area contributed by atoms with Gasteiger partial charge >= 0.3 is 11.9 Å². The summed E-state index contributed by atoms with van der Waals surface area (Å²) in [6.45, 7) is 7.47. The van der Waals surface area contributed by atoms with Gasteiger partial charge in [0.05, 0.1) is 6.42 Å². The Morgan fingerprint density at radius 3 is 1.97 bits per heavy atom. The normalized spacial score (nSPS) is 11.4. The van der Waals surface area contributed by atoms with Gasteiger partial charge in [-0.3, -0.25) is 4.79 Å². The summed E-state index contributed by atoms with van der Waals surface area (Å²) < 4.78 is 16.4. The van der Waals surface area contributed by atoms with Gasteiger partial charge in [0.25, 0.3) is 0 Å². The first kappa shape index (κ1) is 25.8. The van der Waals surface area contributed by atoms with E-state index in [0.29, 0.717) is 5.75 Å². The molecule has 3 aromatic carbocycles. The summed E-state index contributed by atoms with van der Waals surface area (Å²) in [6.07, 6.45) is 2.31. The summed E-state index contributed by atoms with van der Waals surface area (Å²) in [6, 6.07) is 24.1. The highest BCUT2D eigenvalue weighted by atomic mass is 16.6. The summed E-state index contributed by atoms with van der Waals surface area (Å²) in [5.41, 5.74) is 5.71. The Balaban J connectivity index is 1.54. The Kier molecular flexibility index (Phi) is 9.67. The molecule has 0 aliphatic heterocycles. The van der Waals surface area contributed by atoms with Gasteiger partial charge in [0.2, 0.25) is 0 Å². The Bertz CT molecular complexity index is 1100. The van der Waals surface area contributed by atoms with Crippen LogP contribution < -0.4 is 4.74 Å². The summed E-state index contributed by atoms with van der Waals surface area (Å²) in [5.74, 6) is -0.354. The minimum Gasteiger partial charge on any atom is -0.490 e. The van der Waals surface area contributed by atoms with Crippen molar-refractivity contribution in [1.82, 2.24) is 0 Å². The van der Waals surface area contributed by atoms with E-state index in [2.05, 4.69) is 37.8 Å². The fraction of sp³-hybridized carbons (Fsp3) is 0.267. The van der Waals surface area contributed by atoms with Crippen LogP contribution in [0, 0.1) is 6.92 Å². The molecule has 0 fully saturated rings. The lowest BCUT2D eigenvalue weighted by Crippen LogP contribution is -2.31. The largest absolute Gasteiger partial charge is 0.490 e. The minimum atomic E-state index is -0.738. The molecule has 3 aromatic rings. The van der Waals surface area contributed by atoms with Crippen LogP contribution in [0.15, 0.2) is 85.5 Å². The second-order valence-electron chi connectivity index (χ2n) is 8.41. The maximum absolute atomic E-state index is 12.6. The van der Waals surface area contributed by atoms with Crippen molar-refractivity contribution in [3.05, 3.63) is 113 Å². The highest BCUT2D eigenvalue weighted by molar-refractivity contribution is 5.81. The number of esters is 2. The van der Waals surface area contributed by atoms with Gasteiger partial charge in [-0.1, -0.05) is 79.7 Å². The van der Waals surface area contributed by atoms with Crippen LogP contribution in [0.5, 0.6) is 5.75 Å². The average molecular weight is 473 g/mol. The number of carbonyl (C=O) groups is 2. The van der Waals surface area contributed by atoms with Crippen LogP contribution in [0.1, 0.15) is 34.7 Å². The number of rotatable bonds is 12. The van der Waals surface area contributed by atoms with Gasteiger partial charge in [-0.25, -0.2) is 4.79 Å². The molecule has 1 unspecified atom stereocenters.